The largest absolute Gasteiger partial charge is 0.326 e. The van der Waals surface area contributed by atoms with Crippen LogP contribution in [0.25, 0.3) is 0 Å². The lowest BCUT2D eigenvalue weighted by molar-refractivity contribution is -0.385. The monoisotopic (exact) mass is 459 g/mol. The summed E-state index contributed by atoms with van der Waals surface area (Å²) in [6.45, 7) is 5.26. The molecule has 12 nitrogen and oxygen atoms in total. The van der Waals surface area contributed by atoms with Crippen molar-refractivity contribution < 1.29 is 18.1 Å². The highest BCUT2D eigenvalue weighted by atomic mass is 32.2. The summed E-state index contributed by atoms with van der Waals surface area (Å²) in [5.74, 6) is -0.908. The number of amides is 1. The molecule has 0 aliphatic rings. The molecule has 1 unspecified atom stereocenters. The predicted octanol–water partition coefficient (Wildman–Crippen LogP) is 2.27. The Morgan fingerprint density at radius 2 is 1.81 bits per heavy atom. The van der Waals surface area contributed by atoms with Crippen molar-refractivity contribution in [1.82, 2.24) is 19.7 Å². The van der Waals surface area contributed by atoms with E-state index in [1.165, 1.54) is 35.1 Å². The van der Waals surface area contributed by atoms with E-state index in [0.29, 0.717) is 17.1 Å². The van der Waals surface area contributed by atoms with Gasteiger partial charge in [-0.15, -0.1) is 0 Å². The molecule has 2 N–H and O–H groups in total. The van der Waals surface area contributed by atoms with Crippen LogP contribution >= 0.6 is 0 Å². The van der Waals surface area contributed by atoms with Crippen LogP contribution in [0.3, 0.4) is 0 Å². The highest BCUT2D eigenvalue weighted by Crippen LogP contribution is 2.18. The molecule has 13 heteroatoms. The summed E-state index contributed by atoms with van der Waals surface area (Å²) in [6.07, 6.45) is 2.36. The average Bonchev–Trinajstić information content (AvgIpc) is 3.16. The Kier molecular flexibility index (Phi) is 6.48. The van der Waals surface area contributed by atoms with E-state index in [1.54, 1.807) is 26.8 Å². The first-order chi connectivity index (χ1) is 15.0. The van der Waals surface area contributed by atoms with Gasteiger partial charge >= 0.3 is 5.69 Å². The highest BCUT2D eigenvalue weighted by Gasteiger charge is 2.19. The Morgan fingerprint density at radius 1 is 1.19 bits per heavy atom. The second-order valence-corrected chi connectivity index (χ2v) is 8.85. The SMILES string of the molecule is Cc1cc(C)nc(NS(=O)(=O)c2ccc(NC(=O)C(C)Cn3cc([N+](=O)[O-])cn3)cc2)n1. The molecule has 2 aromatic heterocycles. The first-order valence-corrected chi connectivity index (χ1v) is 10.9. The van der Waals surface area contributed by atoms with E-state index in [1.807, 2.05) is 0 Å². The van der Waals surface area contributed by atoms with Gasteiger partial charge in [-0.25, -0.2) is 23.1 Å². The van der Waals surface area contributed by atoms with Crippen molar-refractivity contribution in [2.24, 2.45) is 5.92 Å². The molecule has 0 saturated carbocycles. The quantitative estimate of drug-likeness (QED) is 0.383. The third kappa shape index (κ3) is 5.63. The number of carbonyl (C=O) groups is 1. The minimum atomic E-state index is -3.91. The zero-order chi connectivity index (χ0) is 23.5. The lowest BCUT2D eigenvalue weighted by atomic mass is 10.1. The molecule has 0 aliphatic heterocycles. The van der Waals surface area contributed by atoms with Crippen LogP contribution in [0.4, 0.5) is 17.3 Å². The van der Waals surface area contributed by atoms with Gasteiger partial charge in [0.25, 0.3) is 10.0 Å². The molecule has 32 heavy (non-hydrogen) atoms. The van der Waals surface area contributed by atoms with Gasteiger partial charge in [-0.3, -0.25) is 19.6 Å². The van der Waals surface area contributed by atoms with Crippen LogP contribution in [-0.2, 0) is 21.4 Å². The molecule has 1 aromatic carbocycles. The summed E-state index contributed by atoms with van der Waals surface area (Å²) in [4.78, 5) is 30.7. The maximum atomic E-state index is 12.6. The van der Waals surface area contributed by atoms with Gasteiger partial charge in [0.15, 0.2) is 0 Å². The van der Waals surface area contributed by atoms with Gasteiger partial charge < -0.3 is 5.32 Å². The zero-order valence-corrected chi connectivity index (χ0v) is 18.3. The maximum Gasteiger partial charge on any atom is 0.306 e. The van der Waals surface area contributed by atoms with Gasteiger partial charge in [0.05, 0.1) is 22.3 Å². The van der Waals surface area contributed by atoms with E-state index in [-0.39, 0.29) is 29.0 Å². The number of aromatic nitrogens is 4. The fourth-order valence-corrected chi connectivity index (χ4v) is 3.79. The Bertz CT molecular complexity index is 1240. The molecule has 2 heterocycles. The van der Waals surface area contributed by atoms with Crippen molar-refractivity contribution in [3.05, 3.63) is 64.2 Å². The molecular formula is C19H21N7O5S. The number of benzene rings is 1. The number of hydrogen-bond acceptors (Lipinski definition) is 8. The lowest BCUT2D eigenvalue weighted by Crippen LogP contribution is -2.24. The molecule has 1 atom stereocenters. The Hall–Kier alpha value is -3.87. The molecule has 0 bridgehead atoms. The van der Waals surface area contributed by atoms with Crippen molar-refractivity contribution in [2.75, 3.05) is 10.0 Å². The number of nitro groups is 1. The predicted molar refractivity (Wildman–Crippen MR) is 115 cm³/mol. The first kappa shape index (κ1) is 22.8. The van der Waals surface area contributed by atoms with E-state index >= 15 is 0 Å². The van der Waals surface area contributed by atoms with Crippen molar-refractivity contribution in [1.29, 1.82) is 0 Å². The smallest absolute Gasteiger partial charge is 0.306 e. The molecule has 0 spiro atoms. The maximum absolute atomic E-state index is 12.6. The second kappa shape index (κ2) is 9.09. The zero-order valence-electron chi connectivity index (χ0n) is 17.5. The summed E-state index contributed by atoms with van der Waals surface area (Å²) in [7, 11) is -3.91. The van der Waals surface area contributed by atoms with Crippen LogP contribution in [0.5, 0.6) is 0 Å². The molecule has 0 aliphatic carbocycles. The van der Waals surface area contributed by atoms with Crippen molar-refractivity contribution in [3.63, 3.8) is 0 Å². The van der Waals surface area contributed by atoms with Gasteiger partial charge in [-0.05, 0) is 44.2 Å². The summed E-state index contributed by atoms with van der Waals surface area (Å²) in [6, 6.07) is 7.34. The van der Waals surface area contributed by atoms with Crippen molar-refractivity contribution in [2.45, 2.75) is 32.2 Å². The van der Waals surface area contributed by atoms with Crippen LogP contribution in [0.2, 0.25) is 0 Å². The van der Waals surface area contributed by atoms with Crippen LogP contribution in [0, 0.1) is 29.9 Å². The summed E-state index contributed by atoms with van der Waals surface area (Å²) in [5, 5.41) is 17.3. The Balaban J connectivity index is 1.64. The number of hydrogen-bond donors (Lipinski definition) is 2. The summed E-state index contributed by atoms with van der Waals surface area (Å²) >= 11 is 0. The number of rotatable bonds is 8. The lowest BCUT2D eigenvalue weighted by Gasteiger charge is -2.13. The van der Waals surface area contributed by atoms with Crippen molar-refractivity contribution >= 4 is 33.3 Å². The van der Waals surface area contributed by atoms with E-state index in [9.17, 15) is 23.3 Å². The molecule has 1 amide bonds. The van der Waals surface area contributed by atoms with Crippen LogP contribution in [-0.4, -0.2) is 39.0 Å². The summed E-state index contributed by atoms with van der Waals surface area (Å²) < 4.78 is 28.8. The second-order valence-electron chi connectivity index (χ2n) is 7.17. The third-order valence-electron chi connectivity index (χ3n) is 4.38. The minimum absolute atomic E-state index is 0.0184. The number of carbonyl (C=O) groups excluding carboxylic acids is 1. The fraction of sp³-hybridized carbons (Fsp3) is 0.263. The normalized spacial score (nSPS) is 12.2. The van der Waals surface area contributed by atoms with E-state index in [4.69, 9.17) is 0 Å². The highest BCUT2D eigenvalue weighted by molar-refractivity contribution is 7.92. The number of aryl methyl sites for hydroxylation is 2. The summed E-state index contributed by atoms with van der Waals surface area (Å²) in [5.41, 5.74) is 1.50. The molecule has 0 saturated heterocycles. The van der Waals surface area contributed by atoms with Crippen LogP contribution in [0.1, 0.15) is 18.3 Å². The van der Waals surface area contributed by atoms with Gasteiger partial charge in [-0.2, -0.15) is 5.10 Å². The van der Waals surface area contributed by atoms with E-state index in [2.05, 4.69) is 25.1 Å². The number of anilines is 2. The Morgan fingerprint density at radius 3 is 2.38 bits per heavy atom. The minimum Gasteiger partial charge on any atom is -0.326 e. The van der Waals surface area contributed by atoms with E-state index in [0.717, 1.165) is 6.20 Å². The van der Waals surface area contributed by atoms with Crippen molar-refractivity contribution in [3.8, 4) is 0 Å². The molecule has 3 aromatic rings. The van der Waals surface area contributed by atoms with Crippen LogP contribution in [0.15, 0.2) is 47.6 Å². The average molecular weight is 459 g/mol. The molecule has 168 valence electrons. The van der Waals surface area contributed by atoms with Gasteiger partial charge in [0.1, 0.15) is 12.4 Å². The van der Waals surface area contributed by atoms with E-state index < -0.39 is 20.9 Å². The van der Waals surface area contributed by atoms with Gasteiger partial charge in [0, 0.05) is 17.1 Å². The number of sulfonamides is 1. The fourth-order valence-electron chi connectivity index (χ4n) is 2.84. The standard InChI is InChI=1S/C19H21N7O5S/c1-12(10-25-11-16(9-20-25)26(28)29)18(27)23-15-4-6-17(7-5-15)32(30,31)24-19-21-13(2)8-14(3)22-19/h4-9,11-12H,10H2,1-3H3,(H,23,27)(H,21,22,24). The number of nitrogens with zero attached hydrogens (tertiary/aromatic N) is 5. The van der Waals surface area contributed by atoms with Crippen LogP contribution < -0.4 is 10.0 Å². The Labute approximate surface area is 183 Å². The van der Waals surface area contributed by atoms with Gasteiger partial charge in [0.2, 0.25) is 11.9 Å². The molecule has 3 rings (SSSR count). The molecular weight excluding hydrogens is 438 g/mol. The van der Waals surface area contributed by atoms with Gasteiger partial charge in [-0.1, -0.05) is 6.92 Å². The first-order valence-electron chi connectivity index (χ1n) is 9.46. The topological polar surface area (TPSA) is 162 Å². The third-order valence-corrected chi connectivity index (χ3v) is 5.72. The molecule has 0 radical (unpaired) electrons. The number of nitrogens with one attached hydrogen (secondary N) is 2. The molecule has 0 fully saturated rings.